The maximum Gasteiger partial charge on any atom is 0.0702 e. The van der Waals surface area contributed by atoms with Gasteiger partial charge in [-0.25, -0.2) is 0 Å². The standard InChI is InChI=1S/C14H27NO3/c16-8-11-17-10-7-15(13-4-1-2-5-13)12-14-6-3-9-18-14/h13-14,16H,1-12H2. The number of hydrogen-bond acceptors (Lipinski definition) is 4. The second-order valence-corrected chi connectivity index (χ2v) is 5.40. The van der Waals surface area contributed by atoms with Crippen molar-refractivity contribution in [2.45, 2.75) is 50.7 Å². The van der Waals surface area contributed by atoms with E-state index in [0.717, 1.165) is 32.3 Å². The minimum Gasteiger partial charge on any atom is -0.394 e. The van der Waals surface area contributed by atoms with E-state index in [4.69, 9.17) is 14.6 Å². The molecule has 1 N–H and O–H groups in total. The number of nitrogens with zero attached hydrogens (tertiary/aromatic N) is 1. The van der Waals surface area contributed by atoms with Crippen molar-refractivity contribution >= 4 is 0 Å². The van der Waals surface area contributed by atoms with Crippen LogP contribution < -0.4 is 0 Å². The van der Waals surface area contributed by atoms with Crippen LogP contribution in [-0.4, -0.2) is 61.7 Å². The number of rotatable bonds is 8. The van der Waals surface area contributed by atoms with E-state index >= 15 is 0 Å². The zero-order valence-electron chi connectivity index (χ0n) is 11.4. The monoisotopic (exact) mass is 257 g/mol. The Morgan fingerprint density at radius 1 is 1.11 bits per heavy atom. The summed E-state index contributed by atoms with van der Waals surface area (Å²) in [4.78, 5) is 2.56. The third-order valence-electron chi connectivity index (χ3n) is 4.06. The van der Waals surface area contributed by atoms with Gasteiger partial charge in [-0.1, -0.05) is 12.8 Å². The van der Waals surface area contributed by atoms with Gasteiger partial charge in [-0.05, 0) is 25.7 Å². The van der Waals surface area contributed by atoms with Gasteiger partial charge in [0.15, 0.2) is 0 Å². The van der Waals surface area contributed by atoms with Crippen LogP contribution in [0.4, 0.5) is 0 Å². The third kappa shape index (κ3) is 4.50. The van der Waals surface area contributed by atoms with E-state index in [1.807, 2.05) is 0 Å². The third-order valence-corrected chi connectivity index (χ3v) is 4.06. The van der Waals surface area contributed by atoms with Crippen LogP contribution in [-0.2, 0) is 9.47 Å². The Labute approximate surface area is 110 Å². The molecule has 0 spiro atoms. The SMILES string of the molecule is OCCOCCN(CC1CCCO1)C1CCCC1. The highest BCUT2D eigenvalue weighted by Crippen LogP contribution is 2.25. The van der Waals surface area contributed by atoms with Crippen molar-refractivity contribution in [3.8, 4) is 0 Å². The molecule has 4 nitrogen and oxygen atoms in total. The molecule has 1 aliphatic heterocycles. The smallest absolute Gasteiger partial charge is 0.0702 e. The fourth-order valence-corrected chi connectivity index (χ4v) is 3.09. The van der Waals surface area contributed by atoms with E-state index in [2.05, 4.69) is 4.90 Å². The van der Waals surface area contributed by atoms with Crippen LogP contribution in [0.3, 0.4) is 0 Å². The Morgan fingerprint density at radius 3 is 2.61 bits per heavy atom. The first kappa shape index (κ1) is 14.3. The Hall–Kier alpha value is -0.160. The summed E-state index contributed by atoms with van der Waals surface area (Å²) < 4.78 is 11.2. The minimum absolute atomic E-state index is 0.120. The molecule has 2 aliphatic rings. The van der Waals surface area contributed by atoms with E-state index in [1.54, 1.807) is 0 Å². The largest absolute Gasteiger partial charge is 0.394 e. The molecule has 4 heteroatoms. The van der Waals surface area contributed by atoms with Crippen LogP contribution in [0.1, 0.15) is 38.5 Å². The van der Waals surface area contributed by atoms with Gasteiger partial charge in [0.1, 0.15) is 0 Å². The van der Waals surface area contributed by atoms with Crippen molar-refractivity contribution in [1.29, 1.82) is 0 Å². The Morgan fingerprint density at radius 2 is 1.94 bits per heavy atom. The molecule has 1 heterocycles. The Balaban J connectivity index is 1.73. The Kier molecular flexibility index (Phi) is 6.41. The van der Waals surface area contributed by atoms with Crippen molar-refractivity contribution in [3.63, 3.8) is 0 Å². The molecule has 1 saturated carbocycles. The lowest BCUT2D eigenvalue weighted by atomic mass is 10.1. The average Bonchev–Trinajstić information content (AvgIpc) is 3.05. The van der Waals surface area contributed by atoms with Gasteiger partial charge in [0.2, 0.25) is 0 Å². The summed E-state index contributed by atoms with van der Waals surface area (Å²) >= 11 is 0. The lowest BCUT2D eigenvalue weighted by Crippen LogP contribution is -2.41. The molecule has 1 atom stereocenters. The topological polar surface area (TPSA) is 41.9 Å². The molecule has 0 aromatic carbocycles. The summed E-state index contributed by atoms with van der Waals surface area (Å²) in [6.45, 7) is 4.28. The van der Waals surface area contributed by atoms with Crippen LogP contribution in [0, 0.1) is 0 Å². The maximum atomic E-state index is 8.71. The Bertz CT molecular complexity index is 213. The quantitative estimate of drug-likeness (QED) is 0.668. The van der Waals surface area contributed by atoms with E-state index in [1.165, 1.54) is 38.5 Å². The molecule has 0 bridgehead atoms. The molecule has 106 valence electrons. The molecule has 1 aliphatic carbocycles. The van der Waals surface area contributed by atoms with Gasteiger partial charge >= 0.3 is 0 Å². The average molecular weight is 257 g/mol. The van der Waals surface area contributed by atoms with Gasteiger partial charge in [-0.2, -0.15) is 0 Å². The fraction of sp³-hybridized carbons (Fsp3) is 1.00. The summed E-state index contributed by atoms with van der Waals surface area (Å²) in [5.41, 5.74) is 0. The molecule has 1 unspecified atom stereocenters. The van der Waals surface area contributed by atoms with Crippen molar-refractivity contribution in [2.24, 2.45) is 0 Å². The highest BCUT2D eigenvalue weighted by Gasteiger charge is 2.26. The molecule has 0 radical (unpaired) electrons. The lowest BCUT2D eigenvalue weighted by Gasteiger charge is -2.30. The van der Waals surface area contributed by atoms with Crippen LogP contribution >= 0.6 is 0 Å². The molecular weight excluding hydrogens is 230 g/mol. The first-order valence-electron chi connectivity index (χ1n) is 7.44. The minimum atomic E-state index is 0.120. The summed E-state index contributed by atoms with van der Waals surface area (Å²) in [7, 11) is 0. The normalized spacial score (nSPS) is 25.3. The van der Waals surface area contributed by atoms with Crippen molar-refractivity contribution in [2.75, 3.05) is 39.5 Å². The van der Waals surface area contributed by atoms with Gasteiger partial charge in [0, 0.05) is 25.7 Å². The summed E-state index contributed by atoms with van der Waals surface area (Å²) in [6, 6.07) is 0.729. The molecule has 0 aromatic rings. The van der Waals surface area contributed by atoms with Crippen LogP contribution in [0.25, 0.3) is 0 Å². The highest BCUT2D eigenvalue weighted by atomic mass is 16.5. The number of aliphatic hydroxyl groups excluding tert-OH is 1. The van der Waals surface area contributed by atoms with Crippen molar-refractivity contribution in [3.05, 3.63) is 0 Å². The second kappa shape index (κ2) is 8.10. The number of hydrogen-bond donors (Lipinski definition) is 1. The zero-order chi connectivity index (χ0) is 12.6. The summed E-state index contributed by atoms with van der Waals surface area (Å²) in [5, 5.41) is 8.71. The van der Waals surface area contributed by atoms with Crippen LogP contribution in [0.5, 0.6) is 0 Å². The summed E-state index contributed by atoms with van der Waals surface area (Å²) in [6.07, 6.45) is 8.24. The predicted molar refractivity (Wildman–Crippen MR) is 70.7 cm³/mol. The predicted octanol–water partition coefficient (Wildman–Crippen LogP) is 1.42. The van der Waals surface area contributed by atoms with Gasteiger partial charge in [-0.15, -0.1) is 0 Å². The lowest BCUT2D eigenvalue weighted by molar-refractivity contribution is 0.0300. The molecule has 18 heavy (non-hydrogen) atoms. The second-order valence-electron chi connectivity index (χ2n) is 5.40. The molecule has 1 saturated heterocycles. The molecule has 0 amide bonds. The van der Waals surface area contributed by atoms with E-state index < -0.39 is 0 Å². The first-order valence-corrected chi connectivity index (χ1v) is 7.44. The molecular formula is C14H27NO3. The van der Waals surface area contributed by atoms with Gasteiger partial charge in [0.05, 0.1) is 25.9 Å². The van der Waals surface area contributed by atoms with Crippen molar-refractivity contribution < 1.29 is 14.6 Å². The van der Waals surface area contributed by atoms with Crippen LogP contribution in [0.2, 0.25) is 0 Å². The van der Waals surface area contributed by atoms with E-state index in [-0.39, 0.29) is 6.61 Å². The van der Waals surface area contributed by atoms with Gasteiger partial charge in [-0.3, -0.25) is 4.90 Å². The maximum absolute atomic E-state index is 8.71. The number of aliphatic hydroxyl groups is 1. The van der Waals surface area contributed by atoms with E-state index in [0.29, 0.717) is 12.7 Å². The fourth-order valence-electron chi connectivity index (χ4n) is 3.09. The van der Waals surface area contributed by atoms with Crippen molar-refractivity contribution in [1.82, 2.24) is 4.90 Å². The van der Waals surface area contributed by atoms with Gasteiger partial charge in [0.25, 0.3) is 0 Å². The zero-order valence-corrected chi connectivity index (χ0v) is 11.4. The highest BCUT2D eigenvalue weighted by molar-refractivity contribution is 4.80. The van der Waals surface area contributed by atoms with E-state index in [9.17, 15) is 0 Å². The molecule has 2 rings (SSSR count). The molecule has 0 aromatic heterocycles. The molecule has 2 fully saturated rings. The van der Waals surface area contributed by atoms with Crippen LogP contribution in [0.15, 0.2) is 0 Å². The first-order chi connectivity index (χ1) is 8.90. The number of ether oxygens (including phenoxy) is 2. The van der Waals surface area contributed by atoms with Gasteiger partial charge < -0.3 is 14.6 Å². The summed E-state index contributed by atoms with van der Waals surface area (Å²) in [5.74, 6) is 0.